The molecule has 0 aliphatic carbocycles. The van der Waals surface area contributed by atoms with E-state index in [1.54, 1.807) is 0 Å². The summed E-state index contributed by atoms with van der Waals surface area (Å²) in [4.78, 5) is 10.6. The van der Waals surface area contributed by atoms with Gasteiger partial charge < -0.3 is 19.3 Å². The van der Waals surface area contributed by atoms with Crippen LogP contribution >= 0.6 is 0 Å². The molecule has 0 saturated heterocycles. The second-order valence-corrected chi connectivity index (χ2v) is 2.70. The van der Waals surface area contributed by atoms with Crippen LogP contribution in [0.15, 0.2) is 6.07 Å². The number of hydrogen-bond donors (Lipinski definition) is 1. The van der Waals surface area contributed by atoms with Crippen LogP contribution in [-0.2, 0) is 0 Å². The molecule has 1 aliphatic heterocycles. The predicted octanol–water partition coefficient (Wildman–Crippen LogP) is 0.942. The van der Waals surface area contributed by atoms with Crippen LogP contribution in [0.4, 0.5) is 0 Å². The highest BCUT2D eigenvalue weighted by atomic mass is 16.7. The first kappa shape index (κ1) is 8.68. The van der Waals surface area contributed by atoms with Gasteiger partial charge in [0, 0.05) is 0 Å². The molecule has 0 amide bonds. The van der Waals surface area contributed by atoms with E-state index in [0.717, 1.165) is 0 Å². The lowest BCUT2D eigenvalue weighted by Crippen LogP contribution is -1.94. The molecule has 5 nitrogen and oxygen atoms in total. The Kier molecular flexibility index (Phi) is 1.92. The number of rotatable bonds is 2. The summed E-state index contributed by atoms with van der Waals surface area (Å²) in [5.74, 6) is 0.631. The van der Waals surface area contributed by atoms with Crippen LogP contribution in [0, 0.1) is 0 Å². The van der Waals surface area contributed by atoms with E-state index in [-0.39, 0.29) is 23.9 Å². The van der Waals surface area contributed by atoms with Gasteiger partial charge in [-0.1, -0.05) is 0 Å². The SMILES string of the molecule is COc1c(O)c(C=O)cc2c1OCO2. The molecule has 0 saturated carbocycles. The van der Waals surface area contributed by atoms with Gasteiger partial charge in [-0.25, -0.2) is 0 Å². The Balaban J connectivity index is 2.66. The van der Waals surface area contributed by atoms with Crippen molar-refractivity contribution in [1.29, 1.82) is 0 Å². The van der Waals surface area contributed by atoms with Crippen LogP contribution in [-0.4, -0.2) is 25.3 Å². The summed E-state index contributed by atoms with van der Waals surface area (Å²) < 4.78 is 15.1. The molecule has 0 atom stereocenters. The lowest BCUT2D eigenvalue weighted by atomic mass is 10.1. The number of aromatic hydroxyl groups is 1. The van der Waals surface area contributed by atoms with Crippen LogP contribution in [0.1, 0.15) is 10.4 Å². The summed E-state index contributed by atoms with van der Waals surface area (Å²) in [7, 11) is 1.38. The van der Waals surface area contributed by atoms with Gasteiger partial charge in [0.1, 0.15) is 0 Å². The third kappa shape index (κ3) is 1.06. The number of methoxy groups -OCH3 is 1. The average Bonchev–Trinajstić information content (AvgIpc) is 2.64. The normalized spacial score (nSPS) is 12.6. The molecule has 0 radical (unpaired) electrons. The molecular weight excluding hydrogens is 188 g/mol. The van der Waals surface area contributed by atoms with Gasteiger partial charge in [0.05, 0.1) is 12.7 Å². The highest BCUT2D eigenvalue weighted by molar-refractivity contribution is 5.84. The second kappa shape index (κ2) is 3.10. The number of ether oxygens (including phenoxy) is 3. The molecular formula is C9H8O5. The van der Waals surface area contributed by atoms with Crippen molar-refractivity contribution in [3.8, 4) is 23.0 Å². The van der Waals surface area contributed by atoms with E-state index in [4.69, 9.17) is 14.2 Å². The first-order valence-corrected chi connectivity index (χ1v) is 3.92. The minimum atomic E-state index is -0.230. The molecule has 14 heavy (non-hydrogen) atoms. The quantitative estimate of drug-likeness (QED) is 0.713. The minimum Gasteiger partial charge on any atom is -0.504 e. The van der Waals surface area contributed by atoms with Gasteiger partial charge in [0.15, 0.2) is 17.8 Å². The van der Waals surface area contributed by atoms with Crippen molar-refractivity contribution >= 4 is 6.29 Å². The average molecular weight is 196 g/mol. The van der Waals surface area contributed by atoms with E-state index in [0.29, 0.717) is 17.8 Å². The van der Waals surface area contributed by atoms with E-state index in [1.807, 2.05) is 0 Å². The number of phenols is 1. The smallest absolute Gasteiger partial charge is 0.231 e. The van der Waals surface area contributed by atoms with Crippen molar-refractivity contribution in [2.45, 2.75) is 0 Å². The number of carbonyl (C=O) groups is 1. The summed E-state index contributed by atoms with van der Waals surface area (Å²) in [6, 6.07) is 1.41. The maximum absolute atomic E-state index is 10.6. The first-order chi connectivity index (χ1) is 6.77. The maximum Gasteiger partial charge on any atom is 0.231 e. The monoisotopic (exact) mass is 196 g/mol. The highest BCUT2D eigenvalue weighted by Gasteiger charge is 2.24. The second-order valence-electron chi connectivity index (χ2n) is 2.70. The molecule has 5 heteroatoms. The fourth-order valence-corrected chi connectivity index (χ4v) is 1.30. The molecule has 1 aromatic carbocycles. The van der Waals surface area contributed by atoms with Crippen molar-refractivity contribution < 1.29 is 24.1 Å². The van der Waals surface area contributed by atoms with E-state index in [9.17, 15) is 9.90 Å². The van der Waals surface area contributed by atoms with Gasteiger partial charge in [-0.15, -0.1) is 0 Å². The standard InChI is InChI=1S/C9H8O5/c1-12-9-7(11)5(3-10)2-6-8(9)14-4-13-6/h2-3,11H,4H2,1H3. The molecule has 0 unspecified atom stereocenters. The Morgan fingerprint density at radius 3 is 3.00 bits per heavy atom. The molecule has 1 aromatic rings. The van der Waals surface area contributed by atoms with Gasteiger partial charge >= 0.3 is 0 Å². The van der Waals surface area contributed by atoms with E-state index in [1.165, 1.54) is 13.2 Å². The Morgan fingerprint density at radius 2 is 2.36 bits per heavy atom. The molecule has 1 heterocycles. The zero-order valence-electron chi connectivity index (χ0n) is 7.44. The summed E-state index contributed by atoms with van der Waals surface area (Å²) in [5, 5.41) is 9.56. The van der Waals surface area contributed by atoms with Gasteiger partial charge in [0.25, 0.3) is 0 Å². The number of benzene rings is 1. The maximum atomic E-state index is 10.6. The van der Waals surface area contributed by atoms with Gasteiger partial charge in [-0.05, 0) is 6.07 Å². The fraction of sp³-hybridized carbons (Fsp3) is 0.222. The summed E-state index contributed by atoms with van der Waals surface area (Å²) in [6.07, 6.45) is 0.528. The van der Waals surface area contributed by atoms with Crippen LogP contribution in [0.25, 0.3) is 0 Å². The molecule has 1 aliphatic rings. The fourth-order valence-electron chi connectivity index (χ4n) is 1.30. The molecule has 1 N–H and O–H groups in total. The van der Waals surface area contributed by atoms with Gasteiger partial charge in [-0.2, -0.15) is 0 Å². The number of aldehydes is 1. The van der Waals surface area contributed by atoms with Crippen molar-refractivity contribution in [3.63, 3.8) is 0 Å². The Hall–Kier alpha value is -1.91. The van der Waals surface area contributed by atoms with Crippen molar-refractivity contribution in [2.75, 3.05) is 13.9 Å². The molecule has 2 rings (SSSR count). The van der Waals surface area contributed by atoms with E-state index < -0.39 is 0 Å². The molecule has 74 valence electrons. The topological polar surface area (TPSA) is 65.0 Å². The molecule has 0 spiro atoms. The van der Waals surface area contributed by atoms with Gasteiger partial charge in [-0.3, -0.25) is 4.79 Å². The number of hydrogen-bond acceptors (Lipinski definition) is 5. The predicted molar refractivity (Wildman–Crippen MR) is 46.2 cm³/mol. The van der Waals surface area contributed by atoms with E-state index in [2.05, 4.69) is 0 Å². The minimum absolute atomic E-state index is 0.0629. The van der Waals surface area contributed by atoms with Crippen LogP contribution in [0.5, 0.6) is 23.0 Å². The zero-order valence-corrected chi connectivity index (χ0v) is 7.44. The van der Waals surface area contributed by atoms with Gasteiger partial charge in [0.2, 0.25) is 18.3 Å². The van der Waals surface area contributed by atoms with Crippen molar-refractivity contribution in [3.05, 3.63) is 11.6 Å². The number of phenolic OH excluding ortho intramolecular Hbond substituents is 1. The largest absolute Gasteiger partial charge is 0.504 e. The Labute approximate surface area is 79.8 Å². The highest BCUT2D eigenvalue weighted by Crippen LogP contribution is 2.47. The first-order valence-electron chi connectivity index (χ1n) is 3.92. The molecule has 0 aromatic heterocycles. The third-order valence-electron chi connectivity index (χ3n) is 1.95. The van der Waals surface area contributed by atoms with Crippen LogP contribution in [0.2, 0.25) is 0 Å². The summed E-state index contributed by atoms with van der Waals surface area (Å²) in [5.41, 5.74) is 0.117. The lowest BCUT2D eigenvalue weighted by Gasteiger charge is -2.07. The Morgan fingerprint density at radius 1 is 1.57 bits per heavy atom. The molecule has 0 bridgehead atoms. The van der Waals surface area contributed by atoms with Crippen LogP contribution in [0.3, 0.4) is 0 Å². The third-order valence-corrected chi connectivity index (χ3v) is 1.95. The summed E-state index contributed by atoms with van der Waals surface area (Å²) >= 11 is 0. The zero-order chi connectivity index (χ0) is 10.1. The number of fused-ring (bicyclic) bond motifs is 1. The molecule has 0 fully saturated rings. The van der Waals surface area contributed by atoms with E-state index >= 15 is 0 Å². The van der Waals surface area contributed by atoms with Crippen molar-refractivity contribution in [2.24, 2.45) is 0 Å². The van der Waals surface area contributed by atoms with Crippen molar-refractivity contribution in [1.82, 2.24) is 0 Å². The summed E-state index contributed by atoms with van der Waals surface area (Å²) in [6.45, 7) is 0.0629. The lowest BCUT2D eigenvalue weighted by molar-refractivity contribution is 0.112. The Bertz CT molecular complexity index is 385. The van der Waals surface area contributed by atoms with Crippen LogP contribution < -0.4 is 14.2 Å². The number of carbonyl (C=O) groups excluding carboxylic acids is 1.